The predicted octanol–water partition coefficient (Wildman–Crippen LogP) is 1.83. The molecule has 16 heavy (non-hydrogen) atoms. The van der Waals surface area contributed by atoms with Crippen molar-refractivity contribution < 1.29 is 14.6 Å². The van der Waals surface area contributed by atoms with Gasteiger partial charge in [0, 0.05) is 5.69 Å². The fraction of sp³-hybridized carbons (Fsp3) is 0.364. The summed E-state index contributed by atoms with van der Waals surface area (Å²) in [5, 5.41) is 8.78. The zero-order valence-electron chi connectivity index (χ0n) is 9.14. The molecular weight excluding hydrogens is 208 g/mol. The zero-order chi connectivity index (χ0) is 12.0. The van der Waals surface area contributed by atoms with Crippen LogP contribution in [-0.4, -0.2) is 27.7 Å². The maximum absolute atomic E-state index is 10.7. The molecule has 1 heterocycles. The summed E-state index contributed by atoms with van der Waals surface area (Å²) in [6, 6.07) is 1.51. The highest BCUT2D eigenvalue weighted by atomic mass is 16.5. The monoisotopic (exact) mass is 222 g/mol. The standard InChI is InChI=1S/C11H14N2O3/c1-3-4-5-6-16-11-12-8(2)7-9(13-11)10(14)15/h3,7H,1,4-6H2,2H3,(H,14,15). The number of nitrogens with zero attached hydrogens (tertiary/aromatic N) is 2. The number of ether oxygens (including phenoxy) is 1. The quantitative estimate of drug-likeness (QED) is 0.587. The van der Waals surface area contributed by atoms with Crippen LogP contribution in [0.15, 0.2) is 18.7 Å². The molecule has 1 aromatic rings. The highest BCUT2D eigenvalue weighted by molar-refractivity contribution is 5.85. The van der Waals surface area contributed by atoms with Gasteiger partial charge in [-0.1, -0.05) is 6.08 Å². The Balaban J connectivity index is 2.65. The number of carboxylic acids is 1. The van der Waals surface area contributed by atoms with Gasteiger partial charge in [0.1, 0.15) is 0 Å². The van der Waals surface area contributed by atoms with Crippen LogP contribution in [0.4, 0.5) is 0 Å². The maximum Gasteiger partial charge on any atom is 0.354 e. The summed E-state index contributed by atoms with van der Waals surface area (Å²) < 4.78 is 5.25. The van der Waals surface area contributed by atoms with E-state index in [-0.39, 0.29) is 11.7 Å². The number of hydrogen-bond acceptors (Lipinski definition) is 4. The Morgan fingerprint density at radius 1 is 1.62 bits per heavy atom. The lowest BCUT2D eigenvalue weighted by Gasteiger charge is -2.04. The van der Waals surface area contributed by atoms with E-state index in [1.807, 2.05) is 0 Å². The van der Waals surface area contributed by atoms with Crippen LogP contribution in [-0.2, 0) is 0 Å². The SMILES string of the molecule is C=CCCCOc1nc(C)cc(C(=O)O)n1. The van der Waals surface area contributed by atoms with Crippen molar-refractivity contribution in [2.24, 2.45) is 0 Å². The van der Waals surface area contributed by atoms with Gasteiger partial charge in [0.15, 0.2) is 5.69 Å². The van der Waals surface area contributed by atoms with Gasteiger partial charge in [0.05, 0.1) is 6.61 Å². The first-order valence-electron chi connectivity index (χ1n) is 4.96. The Hall–Kier alpha value is -1.91. The van der Waals surface area contributed by atoms with Crippen molar-refractivity contribution in [1.29, 1.82) is 0 Å². The summed E-state index contributed by atoms with van der Waals surface area (Å²) in [4.78, 5) is 18.5. The number of unbranched alkanes of at least 4 members (excludes halogenated alkanes) is 1. The number of aromatic nitrogens is 2. The lowest BCUT2D eigenvalue weighted by molar-refractivity contribution is 0.0688. The fourth-order valence-corrected chi connectivity index (χ4v) is 1.11. The molecule has 0 aliphatic rings. The normalized spacial score (nSPS) is 9.81. The molecule has 86 valence electrons. The molecule has 1 rings (SSSR count). The molecule has 1 N–H and O–H groups in total. The van der Waals surface area contributed by atoms with Crippen molar-refractivity contribution in [1.82, 2.24) is 9.97 Å². The molecule has 0 fully saturated rings. The van der Waals surface area contributed by atoms with E-state index >= 15 is 0 Å². The smallest absolute Gasteiger partial charge is 0.354 e. The van der Waals surface area contributed by atoms with Crippen LogP contribution in [0.3, 0.4) is 0 Å². The van der Waals surface area contributed by atoms with Crippen molar-refractivity contribution >= 4 is 5.97 Å². The summed E-state index contributed by atoms with van der Waals surface area (Å²) in [5.74, 6) is -1.08. The van der Waals surface area contributed by atoms with Gasteiger partial charge in [-0.3, -0.25) is 0 Å². The third-order valence-corrected chi connectivity index (χ3v) is 1.84. The van der Waals surface area contributed by atoms with Crippen LogP contribution in [0, 0.1) is 6.92 Å². The van der Waals surface area contributed by atoms with Gasteiger partial charge in [-0.25, -0.2) is 9.78 Å². The molecule has 1 aromatic heterocycles. The molecule has 0 amide bonds. The third kappa shape index (κ3) is 3.68. The number of carbonyl (C=O) groups is 1. The van der Waals surface area contributed by atoms with Crippen molar-refractivity contribution in [2.75, 3.05) is 6.61 Å². The first-order valence-corrected chi connectivity index (χ1v) is 4.96. The van der Waals surface area contributed by atoms with Gasteiger partial charge in [-0.05, 0) is 25.8 Å². The highest BCUT2D eigenvalue weighted by Gasteiger charge is 2.08. The van der Waals surface area contributed by atoms with Gasteiger partial charge >= 0.3 is 12.0 Å². The third-order valence-electron chi connectivity index (χ3n) is 1.84. The van der Waals surface area contributed by atoms with Crippen LogP contribution >= 0.6 is 0 Å². The molecule has 0 saturated carbocycles. The molecule has 0 aliphatic carbocycles. The predicted molar refractivity (Wildman–Crippen MR) is 58.7 cm³/mol. The fourth-order valence-electron chi connectivity index (χ4n) is 1.11. The van der Waals surface area contributed by atoms with E-state index in [1.165, 1.54) is 6.07 Å². The molecule has 5 nitrogen and oxygen atoms in total. The second-order valence-corrected chi connectivity index (χ2v) is 3.26. The van der Waals surface area contributed by atoms with E-state index < -0.39 is 5.97 Å². The Kier molecular flexibility index (Phi) is 4.44. The van der Waals surface area contributed by atoms with Gasteiger partial charge in [-0.2, -0.15) is 4.98 Å². The Morgan fingerprint density at radius 3 is 3.00 bits per heavy atom. The van der Waals surface area contributed by atoms with Crippen molar-refractivity contribution in [3.8, 4) is 6.01 Å². The van der Waals surface area contributed by atoms with Crippen LogP contribution in [0.5, 0.6) is 6.01 Å². The average Bonchev–Trinajstić information content (AvgIpc) is 2.23. The van der Waals surface area contributed by atoms with Gasteiger partial charge in [-0.15, -0.1) is 6.58 Å². The molecule has 5 heteroatoms. The van der Waals surface area contributed by atoms with Crippen LogP contribution < -0.4 is 4.74 Å². The van der Waals surface area contributed by atoms with Gasteiger partial charge < -0.3 is 9.84 Å². The minimum atomic E-state index is -1.08. The van der Waals surface area contributed by atoms with Crippen LogP contribution in [0.25, 0.3) is 0 Å². The zero-order valence-corrected chi connectivity index (χ0v) is 9.14. The number of rotatable bonds is 6. The summed E-state index contributed by atoms with van der Waals surface area (Å²) in [5.41, 5.74) is 0.525. The van der Waals surface area contributed by atoms with E-state index in [2.05, 4.69) is 16.5 Å². The molecular formula is C11H14N2O3. The number of aromatic carboxylic acids is 1. The number of allylic oxidation sites excluding steroid dienone is 1. The first kappa shape index (κ1) is 12.2. The number of aryl methyl sites for hydroxylation is 1. The molecule has 0 spiro atoms. The molecule has 0 bridgehead atoms. The second kappa shape index (κ2) is 5.85. The lowest BCUT2D eigenvalue weighted by atomic mass is 10.3. The summed E-state index contributed by atoms with van der Waals surface area (Å²) in [6.45, 7) is 5.74. The van der Waals surface area contributed by atoms with E-state index in [0.29, 0.717) is 12.3 Å². The minimum Gasteiger partial charge on any atom is -0.477 e. The topological polar surface area (TPSA) is 72.3 Å². The lowest BCUT2D eigenvalue weighted by Crippen LogP contribution is -2.07. The highest BCUT2D eigenvalue weighted by Crippen LogP contribution is 2.07. The second-order valence-electron chi connectivity index (χ2n) is 3.26. The van der Waals surface area contributed by atoms with Gasteiger partial charge in [0.25, 0.3) is 0 Å². The Bertz CT molecular complexity index is 391. The summed E-state index contributed by atoms with van der Waals surface area (Å²) in [7, 11) is 0. The van der Waals surface area contributed by atoms with E-state index in [0.717, 1.165) is 12.8 Å². The largest absolute Gasteiger partial charge is 0.477 e. The van der Waals surface area contributed by atoms with Crippen LogP contribution in [0.2, 0.25) is 0 Å². The van der Waals surface area contributed by atoms with Gasteiger partial charge in [0.2, 0.25) is 0 Å². The van der Waals surface area contributed by atoms with Crippen LogP contribution in [0.1, 0.15) is 29.0 Å². The Morgan fingerprint density at radius 2 is 2.38 bits per heavy atom. The average molecular weight is 222 g/mol. The molecule has 0 saturated heterocycles. The van der Waals surface area contributed by atoms with E-state index in [1.54, 1.807) is 13.0 Å². The van der Waals surface area contributed by atoms with Crippen molar-refractivity contribution in [3.63, 3.8) is 0 Å². The maximum atomic E-state index is 10.7. The molecule has 0 aliphatic heterocycles. The number of hydrogen-bond donors (Lipinski definition) is 1. The summed E-state index contributed by atoms with van der Waals surface area (Å²) >= 11 is 0. The Labute approximate surface area is 93.8 Å². The first-order chi connectivity index (χ1) is 7.63. The summed E-state index contributed by atoms with van der Waals surface area (Å²) in [6.07, 6.45) is 3.45. The molecule has 0 aromatic carbocycles. The minimum absolute atomic E-state index is 0.0498. The van der Waals surface area contributed by atoms with E-state index in [4.69, 9.17) is 9.84 Å². The van der Waals surface area contributed by atoms with Crippen molar-refractivity contribution in [3.05, 3.63) is 30.1 Å². The molecule has 0 radical (unpaired) electrons. The van der Waals surface area contributed by atoms with E-state index in [9.17, 15) is 4.79 Å². The number of carboxylic acid groups (broad SMARTS) is 1. The molecule has 0 unspecified atom stereocenters. The molecule has 0 atom stereocenters. The van der Waals surface area contributed by atoms with Crippen molar-refractivity contribution in [2.45, 2.75) is 19.8 Å².